The van der Waals surface area contributed by atoms with E-state index in [9.17, 15) is 4.39 Å². The highest BCUT2D eigenvalue weighted by Gasteiger charge is 2.16. The molecule has 1 aromatic carbocycles. The molecule has 1 aromatic rings. The fourth-order valence-electron chi connectivity index (χ4n) is 2.25. The normalized spacial score (nSPS) is 10.5. The van der Waals surface area contributed by atoms with Crippen molar-refractivity contribution in [2.45, 2.75) is 52.9 Å². The van der Waals surface area contributed by atoms with Crippen LogP contribution in [0.25, 0.3) is 0 Å². The van der Waals surface area contributed by atoms with Crippen molar-refractivity contribution in [2.24, 2.45) is 5.16 Å². The molecule has 7 heteroatoms. The molecule has 0 radical (unpaired) electrons. The summed E-state index contributed by atoms with van der Waals surface area (Å²) in [4.78, 5) is 5.15. The molecule has 27 heavy (non-hydrogen) atoms. The molecule has 0 fully saturated rings. The van der Waals surface area contributed by atoms with Crippen LogP contribution in [0, 0.1) is 5.82 Å². The second kappa shape index (κ2) is 13.2. The average Bonchev–Trinajstić information content (AvgIpc) is 2.57. The Labute approximate surface area is 178 Å². The standard InChI is InChI=1S/C20H28Br2FNO3/c1-14(2)17-12-16(25-11-8-19(21)22)13-18(23)20(17)26-9-6-5-7-10-27-24-15(3)4/h8,12-14H,5-7,9-11H2,1-4H3. The van der Waals surface area contributed by atoms with Gasteiger partial charge in [-0.3, -0.25) is 0 Å². The number of hydrogen-bond donors (Lipinski definition) is 0. The first-order valence-corrected chi connectivity index (χ1v) is 10.6. The summed E-state index contributed by atoms with van der Waals surface area (Å²) >= 11 is 6.52. The molecule has 0 spiro atoms. The van der Waals surface area contributed by atoms with Gasteiger partial charge in [0, 0.05) is 11.6 Å². The number of halogens is 3. The highest BCUT2D eigenvalue weighted by molar-refractivity contribution is 9.28. The van der Waals surface area contributed by atoms with Crippen LogP contribution in [0.3, 0.4) is 0 Å². The molecule has 0 unspecified atom stereocenters. The van der Waals surface area contributed by atoms with Gasteiger partial charge in [0.2, 0.25) is 0 Å². The van der Waals surface area contributed by atoms with Crippen molar-refractivity contribution in [2.75, 3.05) is 19.8 Å². The molecule has 0 saturated carbocycles. The summed E-state index contributed by atoms with van der Waals surface area (Å²) in [5.41, 5.74) is 1.71. The van der Waals surface area contributed by atoms with Gasteiger partial charge in [-0.15, -0.1) is 0 Å². The van der Waals surface area contributed by atoms with Crippen molar-refractivity contribution in [1.29, 1.82) is 0 Å². The van der Waals surface area contributed by atoms with E-state index in [0.717, 1.165) is 33.9 Å². The van der Waals surface area contributed by atoms with E-state index in [1.807, 2.05) is 33.8 Å². The van der Waals surface area contributed by atoms with Crippen molar-refractivity contribution in [3.8, 4) is 11.5 Å². The summed E-state index contributed by atoms with van der Waals surface area (Å²) in [5, 5.41) is 3.89. The van der Waals surface area contributed by atoms with Crippen LogP contribution in [-0.2, 0) is 4.84 Å². The Kier molecular flexibility index (Phi) is 11.7. The molecule has 0 aromatic heterocycles. The fourth-order valence-corrected chi connectivity index (χ4v) is 2.51. The van der Waals surface area contributed by atoms with Crippen LogP contribution >= 0.6 is 31.9 Å². The zero-order chi connectivity index (χ0) is 20.2. The molecule has 152 valence electrons. The quantitative estimate of drug-likeness (QED) is 0.175. The topological polar surface area (TPSA) is 40.0 Å². The SMILES string of the molecule is CC(C)=NOCCCCCOc1c(F)cc(OCC=C(Br)Br)cc1C(C)C. The molecule has 0 N–H and O–H groups in total. The lowest BCUT2D eigenvalue weighted by Gasteiger charge is -2.17. The zero-order valence-corrected chi connectivity index (χ0v) is 19.5. The lowest BCUT2D eigenvalue weighted by molar-refractivity contribution is 0.138. The van der Waals surface area contributed by atoms with E-state index in [1.54, 1.807) is 6.08 Å². The molecule has 0 aliphatic heterocycles. The maximum atomic E-state index is 14.5. The van der Waals surface area contributed by atoms with E-state index in [2.05, 4.69) is 37.0 Å². The Morgan fingerprint density at radius 1 is 1.11 bits per heavy atom. The molecular weight excluding hydrogens is 481 g/mol. The number of unbranched alkanes of at least 4 members (excludes halogenated alkanes) is 2. The smallest absolute Gasteiger partial charge is 0.169 e. The van der Waals surface area contributed by atoms with Gasteiger partial charge in [0.25, 0.3) is 0 Å². The Balaban J connectivity index is 2.56. The summed E-state index contributed by atoms with van der Waals surface area (Å²) in [7, 11) is 0. The van der Waals surface area contributed by atoms with Gasteiger partial charge in [-0.25, -0.2) is 4.39 Å². The number of hydrogen-bond acceptors (Lipinski definition) is 4. The third-order valence-electron chi connectivity index (χ3n) is 3.53. The Bertz CT molecular complexity index is 640. The average molecular weight is 509 g/mol. The van der Waals surface area contributed by atoms with Crippen LogP contribution in [0.15, 0.2) is 26.8 Å². The minimum atomic E-state index is -0.394. The summed E-state index contributed by atoms with van der Waals surface area (Å²) in [6, 6.07) is 3.22. The van der Waals surface area contributed by atoms with Gasteiger partial charge in [-0.1, -0.05) is 19.0 Å². The summed E-state index contributed by atoms with van der Waals surface area (Å²) in [6.07, 6.45) is 4.46. The molecular formula is C20H28Br2FNO3. The number of ether oxygens (including phenoxy) is 2. The Hall–Kier alpha value is -1.08. The van der Waals surface area contributed by atoms with Crippen molar-refractivity contribution in [3.05, 3.63) is 33.0 Å². The summed E-state index contributed by atoms with van der Waals surface area (Å²) in [6.45, 7) is 9.19. The van der Waals surface area contributed by atoms with Gasteiger partial charge in [0.15, 0.2) is 11.6 Å². The molecule has 0 aliphatic rings. The number of nitrogens with zero attached hydrogens (tertiary/aromatic N) is 1. The van der Waals surface area contributed by atoms with E-state index in [-0.39, 0.29) is 5.92 Å². The van der Waals surface area contributed by atoms with Crippen LogP contribution in [0.5, 0.6) is 11.5 Å². The van der Waals surface area contributed by atoms with Crippen LogP contribution < -0.4 is 9.47 Å². The van der Waals surface area contributed by atoms with Crippen LogP contribution in [0.2, 0.25) is 0 Å². The minimum Gasteiger partial charge on any atom is -0.490 e. The van der Waals surface area contributed by atoms with Crippen molar-refractivity contribution < 1.29 is 18.7 Å². The molecule has 0 bridgehead atoms. The second-order valence-corrected chi connectivity index (χ2v) is 9.34. The first kappa shape index (κ1) is 24.0. The molecule has 0 aliphatic carbocycles. The van der Waals surface area contributed by atoms with Gasteiger partial charge in [0.05, 0.1) is 15.7 Å². The van der Waals surface area contributed by atoms with E-state index in [4.69, 9.17) is 14.3 Å². The highest BCUT2D eigenvalue weighted by Crippen LogP contribution is 2.34. The van der Waals surface area contributed by atoms with Gasteiger partial charge in [0.1, 0.15) is 19.0 Å². The molecule has 1 rings (SSSR count). The first-order chi connectivity index (χ1) is 12.8. The third kappa shape index (κ3) is 10.1. The van der Waals surface area contributed by atoms with Gasteiger partial charge in [-0.05, 0) is 83.0 Å². The Morgan fingerprint density at radius 2 is 1.81 bits per heavy atom. The molecule has 0 amide bonds. The minimum absolute atomic E-state index is 0.125. The van der Waals surface area contributed by atoms with Gasteiger partial charge >= 0.3 is 0 Å². The van der Waals surface area contributed by atoms with Crippen molar-refractivity contribution >= 4 is 37.6 Å². The molecule has 0 heterocycles. The molecule has 4 nitrogen and oxygen atoms in total. The van der Waals surface area contributed by atoms with E-state index in [1.165, 1.54) is 6.07 Å². The van der Waals surface area contributed by atoms with Gasteiger partial charge < -0.3 is 14.3 Å². The number of oxime groups is 1. The van der Waals surface area contributed by atoms with E-state index >= 15 is 0 Å². The lowest BCUT2D eigenvalue weighted by Crippen LogP contribution is -2.05. The zero-order valence-electron chi connectivity index (χ0n) is 16.4. The van der Waals surface area contributed by atoms with Crippen molar-refractivity contribution in [3.63, 3.8) is 0 Å². The van der Waals surface area contributed by atoms with Crippen LogP contribution in [-0.4, -0.2) is 25.5 Å². The predicted molar refractivity (Wildman–Crippen MR) is 116 cm³/mol. The molecule has 0 atom stereocenters. The fraction of sp³-hybridized carbons (Fsp3) is 0.550. The lowest BCUT2D eigenvalue weighted by atomic mass is 10.0. The predicted octanol–water partition coefficient (Wildman–Crippen LogP) is 6.92. The van der Waals surface area contributed by atoms with Crippen LogP contribution in [0.4, 0.5) is 4.39 Å². The number of benzene rings is 1. The first-order valence-electron chi connectivity index (χ1n) is 9.04. The summed E-state index contributed by atoms with van der Waals surface area (Å²) in [5.74, 6) is 0.538. The van der Waals surface area contributed by atoms with Gasteiger partial charge in [-0.2, -0.15) is 0 Å². The second-order valence-electron chi connectivity index (χ2n) is 6.56. The maximum absolute atomic E-state index is 14.5. The van der Waals surface area contributed by atoms with Crippen molar-refractivity contribution in [1.82, 2.24) is 0 Å². The Morgan fingerprint density at radius 3 is 2.44 bits per heavy atom. The monoisotopic (exact) mass is 507 g/mol. The number of rotatable bonds is 12. The largest absolute Gasteiger partial charge is 0.490 e. The van der Waals surface area contributed by atoms with E-state index < -0.39 is 5.82 Å². The van der Waals surface area contributed by atoms with E-state index in [0.29, 0.717) is 31.3 Å². The highest BCUT2D eigenvalue weighted by atomic mass is 79.9. The molecule has 0 saturated heterocycles. The third-order valence-corrected chi connectivity index (χ3v) is 4.18. The van der Waals surface area contributed by atoms with Crippen LogP contribution in [0.1, 0.15) is 58.4 Å². The maximum Gasteiger partial charge on any atom is 0.169 e. The summed E-state index contributed by atoms with van der Waals surface area (Å²) < 4.78 is 26.7.